The molecule has 1 aromatic carbocycles. The first-order chi connectivity index (χ1) is 11.6. The van der Waals surface area contributed by atoms with Crippen LogP contribution in [0.3, 0.4) is 0 Å². The number of hydrogen-bond donors (Lipinski definition) is 1. The number of benzene rings is 1. The van der Waals surface area contributed by atoms with Gasteiger partial charge in [0.25, 0.3) is 0 Å². The van der Waals surface area contributed by atoms with Crippen molar-refractivity contribution in [1.82, 2.24) is 4.98 Å². The fourth-order valence-corrected chi connectivity index (χ4v) is 2.83. The molecule has 9 heteroatoms. The van der Waals surface area contributed by atoms with Gasteiger partial charge in [-0.15, -0.1) is 11.3 Å². The smallest absolute Gasteiger partial charge is 0.435 e. The monoisotopic (exact) mass is 370 g/mol. The summed E-state index contributed by atoms with van der Waals surface area (Å²) < 4.78 is 44.3. The van der Waals surface area contributed by atoms with Gasteiger partial charge in [0.05, 0.1) is 12.2 Å². The molecule has 0 saturated heterocycles. The van der Waals surface area contributed by atoms with E-state index >= 15 is 0 Å². The molecular weight excluding hydrogens is 357 g/mol. The fourth-order valence-electron chi connectivity index (χ4n) is 1.91. The average molecular weight is 370 g/mol. The lowest BCUT2D eigenvalue weighted by Crippen LogP contribution is -2.11. The van der Waals surface area contributed by atoms with Gasteiger partial charge in [0.15, 0.2) is 5.69 Å². The second-order valence-electron chi connectivity index (χ2n) is 5.53. The molecular formula is C16H13F3N2O3S. The molecule has 0 bridgehead atoms. The van der Waals surface area contributed by atoms with Crippen molar-refractivity contribution in [3.05, 3.63) is 34.3 Å². The predicted octanol–water partition coefficient (Wildman–Crippen LogP) is 4.43. The maximum absolute atomic E-state index is 12.9. The lowest BCUT2D eigenvalue weighted by atomic mass is 10.1. The molecule has 0 aliphatic heterocycles. The van der Waals surface area contributed by atoms with Gasteiger partial charge in [-0.3, -0.25) is 0 Å². The quantitative estimate of drug-likeness (QED) is 0.842. The van der Waals surface area contributed by atoms with Crippen molar-refractivity contribution in [3.8, 4) is 22.4 Å². The van der Waals surface area contributed by atoms with Crippen LogP contribution in [0.25, 0.3) is 10.6 Å². The standard InChI is InChI=1S/C16H13F3N2O3S/c1-8(2)7-24-11-4-3-9(5-10(11)6-20)14-21-13(16(17,18)19)12(25-14)15(22)23/h3-5,8H,7H2,1-2H3,(H,22,23). The van der Waals surface area contributed by atoms with Crippen molar-refractivity contribution >= 4 is 17.3 Å². The number of aromatic nitrogens is 1. The Balaban J connectivity index is 2.46. The largest absolute Gasteiger partial charge is 0.492 e. The van der Waals surface area contributed by atoms with E-state index in [-0.39, 0.29) is 22.1 Å². The lowest BCUT2D eigenvalue weighted by Gasteiger charge is -2.10. The van der Waals surface area contributed by atoms with Crippen LogP contribution < -0.4 is 4.74 Å². The number of rotatable bonds is 5. The summed E-state index contributed by atoms with van der Waals surface area (Å²) in [5.74, 6) is -1.16. The highest BCUT2D eigenvalue weighted by molar-refractivity contribution is 7.17. The first kappa shape index (κ1) is 18.7. The molecule has 2 rings (SSSR count). The van der Waals surface area contributed by atoms with E-state index in [0.717, 1.165) is 0 Å². The Morgan fingerprint density at radius 1 is 1.44 bits per heavy atom. The average Bonchev–Trinajstić information content (AvgIpc) is 2.98. The summed E-state index contributed by atoms with van der Waals surface area (Å²) in [6, 6.07) is 6.16. The Kier molecular flexibility index (Phi) is 5.33. The van der Waals surface area contributed by atoms with Gasteiger partial charge in [0.2, 0.25) is 0 Å². The van der Waals surface area contributed by atoms with Crippen molar-refractivity contribution in [3.63, 3.8) is 0 Å². The van der Waals surface area contributed by atoms with Crippen LogP contribution in [0.1, 0.15) is 34.8 Å². The number of ether oxygens (including phenoxy) is 1. The Bertz CT molecular complexity index is 838. The first-order valence-corrected chi connectivity index (χ1v) is 7.93. The van der Waals surface area contributed by atoms with Crippen molar-refractivity contribution in [2.75, 3.05) is 6.61 Å². The molecule has 132 valence electrons. The van der Waals surface area contributed by atoms with Gasteiger partial charge in [-0.05, 0) is 24.1 Å². The zero-order valence-electron chi connectivity index (χ0n) is 13.2. The van der Waals surface area contributed by atoms with Gasteiger partial charge < -0.3 is 9.84 Å². The molecule has 0 aliphatic rings. The molecule has 5 nitrogen and oxygen atoms in total. The Morgan fingerprint density at radius 3 is 2.60 bits per heavy atom. The van der Waals surface area contributed by atoms with E-state index in [4.69, 9.17) is 9.84 Å². The zero-order chi connectivity index (χ0) is 18.8. The summed E-state index contributed by atoms with van der Waals surface area (Å²) in [6.07, 6.45) is -4.87. The Hall–Kier alpha value is -2.60. The Labute approximate surface area is 145 Å². The third kappa shape index (κ3) is 4.28. The van der Waals surface area contributed by atoms with E-state index in [2.05, 4.69) is 4.98 Å². The predicted molar refractivity (Wildman–Crippen MR) is 84.6 cm³/mol. The molecule has 0 amide bonds. The molecule has 1 heterocycles. The first-order valence-electron chi connectivity index (χ1n) is 7.12. The highest BCUT2D eigenvalue weighted by Crippen LogP contribution is 2.38. The fraction of sp³-hybridized carbons (Fsp3) is 0.312. The number of thiazole rings is 1. The van der Waals surface area contributed by atoms with Crippen LogP contribution in [0.15, 0.2) is 18.2 Å². The van der Waals surface area contributed by atoms with Crippen LogP contribution >= 0.6 is 11.3 Å². The molecule has 1 aromatic heterocycles. The van der Waals surface area contributed by atoms with Crippen LogP contribution in [0.5, 0.6) is 5.75 Å². The highest BCUT2D eigenvalue weighted by Gasteiger charge is 2.39. The maximum atomic E-state index is 12.9. The number of nitriles is 1. The van der Waals surface area contributed by atoms with Crippen LogP contribution in [-0.4, -0.2) is 22.7 Å². The molecule has 0 radical (unpaired) electrons. The minimum atomic E-state index is -4.87. The van der Waals surface area contributed by atoms with E-state index in [9.17, 15) is 23.2 Å². The summed E-state index contributed by atoms with van der Waals surface area (Å²) >= 11 is 0.410. The number of nitrogens with zero attached hydrogens (tertiary/aromatic N) is 2. The third-order valence-electron chi connectivity index (χ3n) is 3.01. The minimum absolute atomic E-state index is 0.128. The summed E-state index contributed by atoms with van der Waals surface area (Å²) in [4.78, 5) is 13.6. The van der Waals surface area contributed by atoms with Crippen molar-refractivity contribution < 1.29 is 27.8 Å². The number of halogens is 3. The van der Waals surface area contributed by atoms with Gasteiger partial charge in [0, 0.05) is 5.56 Å². The molecule has 25 heavy (non-hydrogen) atoms. The van der Waals surface area contributed by atoms with E-state index in [0.29, 0.717) is 23.7 Å². The van der Waals surface area contributed by atoms with Crippen LogP contribution in [0, 0.1) is 17.2 Å². The summed E-state index contributed by atoms with van der Waals surface area (Å²) in [7, 11) is 0. The van der Waals surface area contributed by atoms with Crippen LogP contribution in [0.4, 0.5) is 13.2 Å². The highest BCUT2D eigenvalue weighted by atomic mass is 32.1. The molecule has 0 atom stereocenters. The molecule has 0 saturated carbocycles. The summed E-state index contributed by atoms with van der Waals surface area (Å²) in [5, 5.41) is 18.0. The van der Waals surface area contributed by atoms with Gasteiger partial charge in [-0.1, -0.05) is 13.8 Å². The van der Waals surface area contributed by atoms with Gasteiger partial charge in [-0.25, -0.2) is 9.78 Å². The maximum Gasteiger partial charge on any atom is 0.435 e. The number of carboxylic acid groups (broad SMARTS) is 1. The lowest BCUT2D eigenvalue weighted by molar-refractivity contribution is -0.141. The summed E-state index contributed by atoms with van der Waals surface area (Å²) in [6.45, 7) is 4.25. The number of carbonyl (C=O) groups is 1. The Morgan fingerprint density at radius 2 is 2.12 bits per heavy atom. The molecule has 0 fully saturated rings. The van der Waals surface area contributed by atoms with E-state index in [1.807, 2.05) is 19.9 Å². The summed E-state index contributed by atoms with van der Waals surface area (Å²) in [5.41, 5.74) is -1.09. The zero-order valence-corrected chi connectivity index (χ0v) is 14.0. The number of aromatic carboxylic acids is 1. The minimum Gasteiger partial charge on any atom is -0.492 e. The normalized spacial score (nSPS) is 11.4. The van der Waals surface area contributed by atoms with Crippen molar-refractivity contribution in [2.24, 2.45) is 5.92 Å². The number of hydrogen-bond acceptors (Lipinski definition) is 5. The van der Waals surface area contributed by atoms with Crippen LogP contribution in [-0.2, 0) is 6.18 Å². The van der Waals surface area contributed by atoms with Gasteiger partial charge >= 0.3 is 12.1 Å². The van der Waals surface area contributed by atoms with Gasteiger partial charge in [-0.2, -0.15) is 18.4 Å². The molecule has 0 unspecified atom stereocenters. The second-order valence-corrected chi connectivity index (χ2v) is 6.53. The number of alkyl halides is 3. The van der Waals surface area contributed by atoms with E-state index in [1.165, 1.54) is 18.2 Å². The van der Waals surface area contributed by atoms with Crippen LogP contribution in [0.2, 0.25) is 0 Å². The molecule has 0 spiro atoms. The third-order valence-corrected chi connectivity index (χ3v) is 4.10. The van der Waals surface area contributed by atoms with Crippen molar-refractivity contribution in [1.29, 1.82) is 5.26 Å². The molecule has 0 aliphatic carbocycles. The molecule has 1 N–H and O–H groups in total. The van der Waals surface area contributed by atoms with Gasteiger partial charge in [0.1, 0.15) is 21.7 Å². The molecule has 2 aromatic rings. The SMILES string of the molecule is CC(C)COc1ccc(-c2nc(C(F)(F)F)c(C(=O)O)s2)cc1C#N. The number of carboxylic acids is 1. The van der Waals surface area contributed by atoms with E-state index < -0.39 is 22.7 Å². The van der Waals surface area contributed by atoms with E-state index in [1.54, 1.807) is 0 Å². The van der Waals surface area contributed by atoms with Crippen molar-refractivity contribution in [2.45, 2.75) is 20.0 Å². The second kappa shape index (κ2) is 7.11. The topological polar surface area (TPSA) is 83.2 Å².